The van der Waals surface area contributed by atoms with E-state index in [0.717, 1.165) is 25.7 Å². The molecule has 0 aromatic heterocycles. The summed E-state index contributed by atoms with van der Waals surface area (Å²) in [6, 6.07) is 4.21. The lowest BCUT2D eigenvalue weighted by atomic mass is 10.2. The van der Waals surface area contributed by atoms with E-state index in [1.54, 1.807) is 0 Å². The van der Waals surface area contributed by atoms with Crippen LogP contribution in [0.4, 0.5) is 0 Å². The van der Waals surface area contributed by atoms with Crippen molar-refractivity contribution in [3.8, 4) is 0 Å². The highest BCUT2D eigenvalue weighted by atomic mass is 79.9. The molecule has 4 nitrogen and oxygen atoms in total. The molecular weight excluding hydrogens is 344 g/mol. The Morgan fingerprint density at radius 2 is 1.85 bits per heavy atom. The molecule has 1 rings (SSSR count). The monoisotopic (exact) mass is 362 g/mol. The molecule has 0 amide bonds. The first kappa shape index (κ1) is 17.2. The number of rotatable bonds is 8. The van der Waals surface area contributed by atoms with E-state index in [-0.39, 0.29) is 16.2 Å². The molecule has 0 fully saturated rings. The molecule has 0 heterocycles. The number of carboxylic acid groups (broad SMARTS) is 1. The minimum absolute atomic E-state index is 0.00650. The molecule has 0 spiro atoms. The second-order valence-corrected chi connectivity index (χ2v) is 7.67. The molecule has 112 valence electrons. The highest BCUT2D eigenvalue weighted by Gasteiger charge is 2.22. The quantitative estimate of drug-likeness (QED) is 0.712. The van der Waals surface area contributed by atoms with Crippen molar-refractivity contribution in [1.29, 1.82) is 0 Å². The summed E-state index contributed by atoms with van der Waals surface area (Å²) in [4.78, 5) is 11.0. The lowest BCUT2D eigenvalue weighted by Gasteiger charge is -2.08. The van der Waals surface area contributed by atoms with Crippen LogP contribution < -0.4 is 0 Å². The minimum Gasteiger partial charge on any atom is -0.478 e. The Labute approximate surface area is 128 Å². The molecule has 0 saturated carbocycles. The average Bonchev–Trinajstić information content (AvgIpc) is 2.38. The smallest absolute Gasteiger partial charge is 0.337 e. The number of carboxylic acids is 1. The molecule has 1 aromatic rings. The molecule has 0 saturated heterocycles. The summed E-state index contributed by atoms with van der Waals surface area (Å²) in [6.45, 7) is 2.09. The van der Waals surface area contributed by atoms with Crippen molar-refractivity contribution < 1.29 is 18.3 Å². The van der Waals surface area contributed by atoms with Crippen molar-refractivity contribution in [3.63, 3.8) is 0 Å². The molecule has 0 aliphatic carbocycles. The highest BCUT2D eigenvalue weighted by Crippen LogP contribution is 2.23. The van der Waals surface area contributed by atoms with Crippen LogP contribution in [0.2, 0.25) is 0 Å². The van der Waals surface area contributed by atoms with Gasteiger partial charge in [0, 0.05) is 4.47 Å². The third-order valence-electron chi connectivity index (χ3n) is 3.03. The number of aromatic carboxylic acids is 1. The zero-order chi connectivity index (χ0) is 15.2. The number of benzene rings is 1. The largest absolute Gasteiger partial charge is 0.478 e. The van der Waals surface area contributed by atoms with Crippen molar-refractivity contribution in [2.24, 2.45) is 0 Å². The predicted octanol–water partition coefficient (Wildman–Crippen LogP) is 3.89. The van der Waals surface area contributed by atoms with E-state index in [0.29, 0.717) is 10.9 Å². The van der Waals surface area contributed by atoms with E-state index in [2.05, 4.69) is 22.9 Å². The predicted molar refractivity (Wildman–Crippen MR) is 81.9 cm³/mol. The topological polar surface area (TPSA) is 71.4 Å². The molecule has 1 N–H and O–H groups in total. The Morgan fingerprint density at radius 1 is 1.20 bits per heavy atom. The fourth-order valence-corrected chi connectivity index (χ4v) is 4.05. The first-order chi connectivity index (χ1) is 9.38. The van der Waals surface area contributed by atoms with E-state index < -0.39 is 15.8 Å². The number of carbonyl (C=O) groups is 1. The van der Waals surface area contributed by atoms with E-state index in [1.165, 1.54) is 18.2 Å². The lowest BCUT2D eigenvalue weighted by Crippen LogP contribution is -2.12. The third-order valence-corrected chi connectivity index (χ3v) is 5.35. The van der Waals surface area contributed by atoms with Crippen molar-refractivity contribution >= 4 is 31.7 Å². The van der Waals surface area contributed by atoms with Crippen LogP contribution in [0, 0.1) is 0 Å². The Hall–Kier alpha value is -0.880. The molecular formula is C14H19BrO4S. The molecule has 0 radical (unpaired) electrons. The van der Waals surface area contributed by atoms with Crippen molar-refractivity contribution in [1.82, 2.24) is 0 Å². The Kier molecular flexibility index (Phi) is 6.68. The number of unbranched alkanes of at least 4 members (excludes halogenated alkanes) is 4. The summed E-state index contributed by atoms with van der Waals surface area (Å²) >= 11 is 3.18. The van der Waals surface area contributed by atoms with Gasteiger partial charge in [-0.2, -0.15) is 0 Å². The van der Waals surface area contributed by atoms with E-state index in [9.17, 15) is 13.2 Å². The van der Waals surface area contributed by atoms with Crippen LogP contribution in [0.15, 0.2) is 27.6 Å². The molecule has 0 aliphatic rings. The van der Waals surface area contributed by atoms with Gasteiger partial charge in [0.2, 0.25) is 0 Å². The Balaban J connectivity index is 2.86. The normalized spacial score (nSPS) is 11.5. The zero-order valence-corrected chi connectivity index (χ0v) is 13.8. The second-order valence-electron chi connectivity index (χ2n) is 4.68. The first-order valence-electron chi connectivity index (χ1n) is 6.64. The molecule has 6 heteroatoms. The van der Waals surface area contributed by atoms with Crippen molar-refractivity contribution in [3.05, 3.63) is 28.2 Å². The summed E-state index contributed by atoms with van der Waals surface area (Å²) in [5.74, 6) is -1.23. The maximum absolute atomic E-state index is 12.3. The van der Waals surface area contributed by atoms with Crippen LogP contribution >= 0.6 is 15.9 Å². The summed E-state index contributed by atoms with van der Waals surface area (Å²) in [7, 11) is -3.56. The van der Waals surface area contributed by atoms with Crippen LogP contribution in [-0.2, 0) is 9.84 Å². The van der Waals surface area contributed by atoms with Gasteiger partial charge in [-0.15, -0.1) is 0 Å². The molecule has 20 heavy (non-hydrogen) atoms. The number of hydrogen-bond acceptors (Lipinski definition) is 3. The maximum Gasteiger partial charge on any atom is 0.337 e. The molecule has 0 bridgehead atoms. The van der Waals surface area contributed by atoms with Crippen LogP contribution in [0.3, 0.4) is 0 Å². The summed E-state index contributed by atoms with van der Waals surface area (Å²) in [6.07, 6.45) is 4.62. The summed E-state index contributed by atoms with van der Waals surface area (Å²) < 4.78 is 25.1. The molecule has 0 unspecified atom stereocenters. The lowest BCUT2D eigenvalue weighted by molar-refractivity contribution is 0.0692. The van der Waals surface area contributed by atoms with Crippen molar-refractivity contribution in [2.45, 2.75) is 43.9 Å². The van der Waals surface area contributed by atoms with Crippen molar-refractivity contribution in [2.75, 3.05) is 5.75 Å². The maximum atomic E-state index is 12.3. The van der Waals surface area contributed by atoms with Gasteiger partial charge in [0.05, 0.1) is 16.2 Å². The Morgan fingerprint density at radius 3 is 2.45 bits per heavy atom. The molecule has 0 atom stereocenters. The standard InChI is InChI=1S/C14H19BrO4S/c1-2-3-4-5-6-9-20(18,19)13-10-11(15)7-8-12(13)14(16)17/h7-8,10H,2-6,9H2,1H3,(H,16,17). The minimum atomic E-state index is -3.56. The Bertz CT molecular complexity index is 567. The van der Waals surface area contributed by atoms with Gasteiger partial charge in [0.15, 0.2) is 9.84 Å². The van der Waals surface area contributed by atoms with Gasteiger partial charge >= 0.3 is 5.97 Å². The van der Waals surface area contributed by atoms with E-state index >= 15 is 0 Å². The molecule has 0 aliphatic heterocycles. The number of hydrogen-bond donors (Lipinski definition) is 1. The highest BCUT2D eigenvalue weighted by molar-refractivity contribution is 9.10. The van der Waals surface area contributed by atoms with Crippen LogP contribution in [0.1, 0.15) is 49.4 Å². The summed E-state index contributed by atoms with van der Waals surface area (Å²) in [5, 5.41) is 9.08. The molecule has 1 aromatic carbocycles. The van der Waals surface area contributed by atoms with Gasteiger partial charge < -0.3 is 5.11 Å². The van der Waals surface area contributed by atoms with Gasteiger partial charge in [-0.05, 0) is 24.6 Å². The average molecular weight is 363 g/mol. The van der Waals surface area contributed by atoms with E-state index in [1.807, 2.05) is 0 Å². The SMILES string of the molecule is CCCCCCCS(=O)(=O)c1cc(Br)ccc1C(=O)O. The zero-order valence-electron chi connectivity index (χ0n) is 11.4. The summed E-state index contributed by atoms with van der Waals surface area (Å²) in [5.41, 5.74) is -0.165. The van der Waals surface area contributed by atoms with Gasteiger partial charge in [0.1, 0.15) is 0 Å². The number of halogens is 1. The van der Waals surface area contributed by atoms with E-state index in [4.69, 9.17) is 5.11 Å². The van der Waals surface area contributed by atoms with Gasteiger partial charge in [-0.1, -0.05) is 48.5 Å². The second kappa shape index (κ2) is 7.78. The third kappa shape index (κ3) is 4.90. The number of sulfone groups is 1. The van der Waals surface area contributed by atoms with Crippen LogP contribution in [-0.4, -0.2) is 25.2 Å². The first-order valence-corrected chi connectivity index (χ1v) is 9.08. The van der Waals surface area contributed by atoms with Crippen LogP contribution in [0.25, 0.3) is 0 Å². The fraction of sp³-hybridized carbons (Fsp3) is 0.500. The van der Waals surface area contributed by atoms with Crippen LogP contribution in [0.5, 0.6) is 0 Å². The van der Waals surface area contributed by atoms with Gasteiger partial charge in [-0.3, -0.25) is 0 Å². The van der Waals surface area contributed by atoms with Gasteiger partial charge in [-0.25, -0.2) is 13.2 Å². The van der Waals surface area contributed by atoms with Gasteiger partial charge in [0.25, 0.3) is 0 Å². The fourth-order valence-electron chi connectivity index (χ4n) is 1.94.